The summed E-state index contributed by atoms with van der Waals surface area (Å²) in [5.41, 5.74) is -2.36. The third kappa shape index (κ3) is 2.93. The number of carboxylic acids is 1. The number of aromatic nitrogens is 2. The molecule has 3 aromatic heterocycles. The van der Waals surface area contributed by atoms with E-state index in [4.69, 9.17) is 0 Å². The number of fused-ring (bicyclic) bond motifs is 3. The van der Waals surface area contributed by atoms with E-state index in [1.54, 1.807) is 31.2 Å². The van der Waals surface area contributed by atoms with Gasteiger partial charge in [-0.2, -0.15) is 13.2 Å². The van der Waals surface area contributed by atoms with E-state index in [2.05, 4.69) is 4.98 Å². The fraction of sp³-hybridized carbons (Fsp3) is 0.0952. The molecule has 3 heterocycles. The number of benzene rings is 1. The van der Waals surface area contributed by atoms with Crippen LogP contribution in [0, 0.1) is 6.92 Å². The lowest BCUT2D eigenvalue weighted by Gasteiger charge is -2.11. The SMILES string of the molecule is Cc1cc(C(=O)c2c(C(=O)O)c(C(F)(F)F)n3c2ccc2ccccc23)ccn1. The summed E-state index contributed by atoms with van der Waals surface area (Å²) in [6.45, 7) is 1.63. The number of alkyl halides is 3. The molecule has 0 spiro atoms. The lowest BCUT2D eigenvalue weighted by atomic mass is 9.99. The van der Waals surface area contributed by atoms with Crippen LogP contribution in [0.1, 0.15) is 37.7 Å². The molecule has 0 unspecified atom stereocenters. The van der Waals surface area contributed by atoms with Gasteiger partial charge in [-0.05, 0) is 36.6 Å². The number of carboxylic acid groups (broad SMARTS) is 1. The molecule has 0 aliphatic heterocycles. The van der Waals surface area contributed by atoms with Crippen LogP contribution < -0.4 is 0 Å². The summed E-state index contributed by atoms with van der Waals surface area (Å²) in [7, 11) is 0. The molecule has 4 aromatic rings. The second-order valence-corrected chi connectivity index (χ2v) is 6.53. The normalized spacial score (nSPS) is 11.9. The van der Waals surface area contributed by atoms with Crippen molar-refractivity contribution in [3.05, 3.63) is 82.8 Å². The van der Waals surface area contributed by atoms with Gasteiger partial charge in [-0.3, -0.25) is 9.78 Å². The molecule has 0 atom stereocenters. The molecule has 5 nitrogen and oxygen atoms in total. The molecule has 0 saturated heterocycles. The number of aryl methyl sites for hydroxylation is 1. The van der Waals surface area contributed by atoms with Gasteiger partial charge < -0.3 is 9.51 Å². The predicted octanol–water partition coefficient (Wildman–Crippen LogP) is 4.74. The molecule has 4 rings (SSSR count). The molecule has 29 heavy (non-hydrogen) atoms. The molecule has 1 aromatic carbocycles. The Morgan fingerprint density at radius 3 is 2.38 bits per heavy atom. The van der Waals surface area contributed by atoms with Crippen molar-refractivity contribution in [2.75, 3.05) is 0 Å². The summed E-state index contributed by atoms with van der Waals surface area (Å²) in [5, 5.41) is 10.1. The fourth-order valence-electron chi connectivity index (χ4n) is 3.54. The first kappa shape index (κ1) is 18.7. The first-order valence-electron chi connectivity index (χ1n) is 8.54. The maximum Gasteiger partial charge on any atom is 0.432 e. The molecule has 0 aliphatic carbocycles. The Morgan fingerprint density at radius 1 is 1.00 bits per heavy atom. The number of hydrogen-bond donors (Lipinski definition) is 1. The van der Waals surface area contributed by atoms with Gasteiger partial charge in [0.25, 0.3) is 0 Å². The summed E-state index contributed by atoms with van der Waals surface area (Å²) in [6, 6.07) is 11.9. The summed E-state index contributed by atoms with van der Waals surface area (Å²) in [4.78, 5) is 29.0. The van der Waals surface area contributed by atoms with E-state index in [1.807, 2.05) is 0 Å². The zero-order valence-corrected chi connectivity index (χ0v) is 15.0. The van der Waals surface area contributed by atoms with Gasteiger partial charge in [-0.15, -0.1) is 0 Å². The minimum atomic E-state index is -4.99. The highest BCUT2D eigenvalue weighted by atomic mass is 19.4. The van der Waals surface area contributed by atoms with Crippen LogP contribution in [0.15, 0.2) is 54.7 Å². The Balaban J connectivity index is 2.20. The van der Waals surface area contributed by atoms with Gasteiger partial charge in [-0.25, -0.2) is 4.79 Å². The topological polar surface area (TPSA) is 71.7 Å². The highest BCUT2D eigenvalue weighted by Crippen LogP contribution is 2.39. The summed E-state index contributed by atoms with van der Waals surface area (Å²) >= 11 is 0. The van der Waals surface area contributed by atoms with Crippen molar-refractivity contribution in [1.82, 2.24) is 9.38 Å². The number of aromatic carboxylic acids is 1. The highest BCUT2D eigenvalue weighted by Gasteiger charge is 2.43. The van der Waals surface area contributed by atoms with Crippen LogP contribution in [0.3, 0.4) is 0 Å². The third-order valence-electron chi connectivity index (χ3n) is 4.67. The minimum absolute atomic E-state index is 0.0642. The van der Waals surface area contributed by atoms with Crippen molar-refractivity contribution >= 4 is 28.2 Å². The van der Waals surface area contributed by atoms with Gasteiger partial charge in [0.1, 0.15) is 11.3 Å². The number of rotatable bonds is 3. The third-order valence-corrected chi connectivity index (χ3v) is 4.67. The highest BCUT2D eigenvalue weighted by molar-refractivity contribution is 6.19. The van der Waals surface area contributed by atoms with Crippen LogP contribution in [0.4, 0.5) is 13.2 Å². The van der Waals surface area contributed by atoms with Crippen LogP contribution in [0.5, 0.6) is 0 Å². The van der Waals surface area contributed by atoms with Crippen molar-refractivity contribution < 1.29 is 27.9 Å². The number of pyridine rings is 2. The van der Waals surface area contributed by atoms with Crippen LogP contribution in [0.2, 0.25) is 0 Å². The standard InChI is InChI=1S/C21H13F3N2O3/c1-11-10-13(8-9-25-11)18(27)16-15-7-6-12-4-2-3-5-14(12)26(15)19(21(22,23)24)17(16)20(28)29/h2-10H,1H3,(H,28,29). The van der Waals surface area contributed by atoms with Crippen molar-refractivity contribution in [3.63, 3.8) is 0 Å². The van der Waals surface area contributed by atoms with Crippen LogP contribution >= 0.6 is 0 Å². The van der Waals surface area contributed by atoms with Crippen molar-refractivity contribution in [1.29, 1.82) is 0 Å². The van der Waals surface area contributed by atoms with E-state index >= 15 is 0 Å². The number of nitrogens with zero attached hydrogens (tertiary/aromatic N) is 2. The molecular formula is C21H13F3N2O3. The molecule has 0 aliphatic rings. The van der Waals surface area contributed by atoms with Gasteiger partial charge in [0.2, 0.25) is 0 Å². The largest absolute Gasteiger partial charge is 0.478 e. The maximum absolute atomic E-state index is 14.0. The van der Waals surface area contributed by atoms with Gasteiger partial charge in [0.05, 0.1) is 16.6 Å². The Kier molecular flexibility index (Phi) is 4.15. The summed E-state index contributed by atoms with van der Waals surface area (Å²) in [5.74, 6) is -2.63. The molecule has 0 amide bonds. The van der Waals surface area contributed by atoms with E-state index < -0.39 is 34.7 Å². The smallest absolute Gasteiger partial charge is 0.432 e. The number of para-hydroxylation sites is 1. The van der Waals surface area contributed by atoms with E-state index in [0.29, 0.717) is 11.1 Å². The van der Waals surface area contributed by atoms with Crippen LogP contribution in [-0.2, 0) is 6.18 Å². The van der Waals surface area contributed by atoms with Gasteiger partial charge in [-0.1, -0.05) is 24.3 Å². The number of halogens is 3. The molecule has 1 N–H and O–H groups in total. The zero-order chi connectivity index (χ0) is 20.9. The molecule has 0 bridgehead atoms. The molecule has 146 valence electrons. The Morgan fingerprint density at radius 2 is 1.72 bits per heavy atom. The fourth-order valence-corrected chi connectivity index (χ4v) is 3.54. The van der Waals surface area contributed by atoms with E-state index in [-0.39, 0.29) is 16.6 Å². The lowest BCUT2D eigenvalue weighted by molar-refractivity contribution is -0.142. The summed E-state index contributed by atoms with van der Waals surface area (Å²) in [6.07, 6.45) is -3.64. The molecule has 0 saturated carbocycles. The second-order valence-electron chi connectivity index (χ2n) is 6.53. The first-order valence-corrected chi connectivity index (χ1v) is 8.54. The predicted molar refractivity (Wildman–Crippen MR) is 99.3 cm³/mol. The van der Waals surface area contributed by atoms with Crippen LogP contribution in [-0.4, -0.2) is 26.2 Å². The van der Waals surface area contributed by atoms with Gasteiger partial charge in [0, 0.05) is 17.5 Å². The number of carbonyl (C=O) groups is 2. The maximum atomic E-state index is 14.0. The Hall–Kier alpha value is -3.68. The van der Waals surface area contributed by atoms with Gasteiger partial charge >= 0.3 is 12.1 Å². The molecular weight excluding hydrogens is 385 g/mol. The lowest BCUT2D eigenvalue weighted by Crippen LogP contribution is -2.16. The van der Waals surface area contributed by atoms with E-state index in [0.717, 1.165) is 4.40 Å². The number of carbonyl (C=O) groups excluding carboxylic acids is 1. The van der Waals surface area contributed by atoms with E-state index in [9.17, 15) is 27.9 Å². The summed E-state index contributed by atoms with van der Waals surface area (Å²) < 4.78 is 42.8. The minimum Gasteiger partial charge on any atom is -0.478 e. The number of ketones is 1. The molecule has 8 heteroatoms. The quantitative estimate of drug-likeness (QED) is 0.506. The van der Waals surface area contributed by atoms with Crippen molar-refractivity contribution in [3.8, 4) is 0 Å². The molecule has 0 radical (unpaired) electrons. The van der Waals surface area contributed by atoms with Crippen molar-refractivity contribution in [2.24, 2.45) is 0 Å². The monoisotopic (exact) mass is 398 g/mol. The Labute approximate surface area is 162 Å². The molecule has 0 fully saturated rings. The number of hydrogen-bond acceptors (Lipinski definition) is 3. The first-order chi connectivity index (χ1) is 13.7. The van der Waals surface area contributed by atoms with Crippen molar-refractivity contribution in [2.45, 2.75) is 13.1 Å². The second kappa shape index (κ2) is 6.44. The average Bonchev–Trinajstić information content (AvgIpc) is 3.03. The average molecular weight is 398 g/mol. The van der Waals surface area contributed by atoms with E-state index in [1.165, 1.54) is 30.5 Å². The van der Waals surface area contributed by atoms with Crippen LogP contribution in [0.25, 0.3) is 16.4 Å². The zero-order valence-electron chi connectivity index (χ0n) is 15.0. The Bertz CT molecular complexity index is 1310. The van der Waals surface area contributed by atoms with Gasteiger partial charge in [0.15, 0.2) is 5.78 Å².